The number of nitrogens with two attached hydrogens (primary N) is 1. The smallest absolute Gasteiger partial charge is 0.0410 e. The van der Waals surface area contributed by atoms with Gasteiger partial charge in [-0.2, -0.15) is 0 Å². The molecule has 1 aromatic rings. The van der Waals surface area contributed by atoms with Crippen molar-refractivity contribution < 1.29 is 0 Å². The molecular formula is C6H8BrN3. The van der Waals surface area contributed by atoms with Gasteiger partial charge in [-0.15, -0.1) is 0 Å². The SMILES string of the molecule is NNCc1cncc(Br)c1. The van der Waals surface area contributed by atoms with Crippen molar-refractivity contribution >= 4 is 15.9 Å². The highest BCUT2D eigenvalue weighted by Crippen LogP contribution is 2.08. The van der Waals surface area contributed by atoms with Gasteiger partial charge in [0.15, 0.2) is 0 Å². The van der Waals surface area contributed by atoms with Crippen LogP contribution in [0.25, 0.3) is 0 Å². The maximum Gasteiger partial charge on any atom is 0.0410 e. The van der Waals surface area contributed by atoms with E-state index in [1.807, 2.05) is 6.07 Å². The normalized spacial score (nSPS) is 9.80. The first-order chi connectivity index (χ1) is 4.83. The second-order valence-electron chi connectivity index (χ2n) is 1.89. The van der Waals surface area contributed by atoms with Crippen LogP contribution in [0, 0.1) is 0 Å². The Hall–Kier alpha value is -0.450. The summed E-state index contributed by atoms with van der Waals surface area (Å²) in [6, 6.07) is 1.97. The Balaban J connectivity index is 2.75. The lowest BCUT2D eigenvalue weighted by atomic mass is 10.3. The molecule has 0 spiro atoms. The number of pyridine rings is 1. The van der Waals surface area contributed by atoms with Crippen LogP contribution in [0.2, 0.25) is 0 Å². The van der Waals surface area contributed by atoms with Crippen LogP contribution in [0.5, 0.6) is 0 Å². The van der Waals surface area contributed by atoms with Gasteiger partial charge in [-0.25, -0.2) is 0 Å². The third-order valence-electron chi connectivity index (χ3n) is 1.07. The fourth-order valence-electron chi connectivity index (χ4n) is 0.670. The zero-order valence-corrected chi connectivity index (χ0v) is 6.93. The molecule has 0 radical (unpaired) electrons. The summed E-state index contributed by atoms with van der Waals surface area (Å²) in [5.41, 5.74) is 3.62. The van der Waals surface area contributed by atoms with Gasteiger partial charge >= 0.3 is 0 Å². The molecule has 0 aliphatic carbocycles. The minimum absolute atomic E-state index is 0.645. The van der Waals surface area contributed by atoms with E-state index in [4.69, 9.17) is 5.84 Å². The molecule has 0 aromatic carbocycles. The molecule has 0 bridgehead atoms. The Labute approximate surface area is 67.7 Å². The third-order valence-corrected chi connectivity index (χ3v) is 1.50. The summed E-state index contributed by atoms with van der Waals surface area (Å²) in [6.45, 7) is 0.645. The first-order valence-electron chi connectivity index (χ1n) is 2.86. The van der Waals surface area contributed by atoms with E-state index in [-0.39, 0.29) is 0 Å². The van der Waals surface area contributed by atoms with Crippen molar-refractivity contribution in [3.63, 3.8) is 0 Å². The number of nitrogens with one attached hydrogen (secondary N) is 1. The predicted octanol–water partition coefficient (Wildman–Crippen LogP) is 0.807. The Morgan fingerprint density at radius 1 is 1.60 bits per heavy atom. The number of hydrogen-bond acceptors (Lipinski definition) is 3. The summed E-state index contributed by atoms with van der Waals surface area (Å²) >= 11 is 3.30. The van der Waals surface area contributed by atoms with Gasteiger partial charge in [0.05, 0.1) is 0 Å². The minimum Gasteiger partial charge on any atom is -0.271 e. The van der Waals surface area contributed by atoms with Gasteiger partial charge < -0.3 is 0 Å². The van der Waals surface area contributed by atoms with E-state index in [0.717, 1.165) is 10.0 Å². The molecule has 4 heteroatoms. The molecule has 0 saturated heterocycles. The lowest BCUT2D eigenvalue weighted by Gasteiger charge is -1.97. The number of rotatable bonds is 2. The quantitative estimate of drug-likeness (QED) is 0.551. The van der Waals surface area contributed by atoms with E-state index < -0.39 is 0 Å². The highest BCUT2D eigenvalue weighted by Gasteiger charge is 1.90. The molecule has 0 aliphatic rings. The first kappa shape index (κ1) is 7.65. The number of halogens is 1. The Bertz CT molecular complexity index is 214. The largest absolute Gasteiger partial charge is 0.271 e. The monoisotopic (exact) mass is 201 g/mol. The van der Waals surface area contributed by atoms with E-state index >= 15 is 0 Å². The van der Waals surface area contributed by atoms with Gasteiger partial charge in [0.2, 0.25) is 0 Å². The molecule has 1 aromatic heterocycles. The molecule has 0 fully saturated rings. The predicted molar refractivity (Wildman–Crippen MR) is 43.0 cm³/mol. The average molecular weight is 202 g/mol. The van der Waals surface area contributed by atoms with Crippen LogP contribution in [-0.2, 0) is 6.54 Å². The molecule has 1 rings (SSSR count). The number of hydrogen-bond donors (Lipinski definition) is 2. The second-order valence-corrected chi connectivity index (χ2v) is 2.81. The molecule has 3 nitrogen and oxygen atoms in total. The summed E-state index contributed by atoms with van der Waals surface area (Å²) in [5.74, 6) is 5.12. The molecule has 0 amide bonds. The average Bonchev–Trinajstić information content (AvgIpc) is 1.88. The van der Waals surface area contributed by atoms with Crippen LogP contribution in [0.4, 0.5) is 0 Å². The fourth-order valence-corrected chi connectivity index (χ4v) is 1.08. The lowest BCUT2D eigenvalue weighted by molar-refractivity contribution is 0.738. The number of aromatic nitrogens is 1. The summed E-state index contributed by atoms with van der Waals surface area (Å²) < 4.78 is 0.972. The molecule has 0 unspecified atom stereocenters. The topological polar surface area (TPSA) is 50.9 Å². The molecule has 0 saturated carbocycles. The first-order valence-corrected chi connectivity index (χ1v) is 3.65. The van der Waals surface area contributed by atoms with Crippen LogP contribution in [0.1, 0.15) is 5.56 Å². The Morgan fingerprint density at radius 3 is 3.00 bits per heavy atom. The summed E-state index contributed by atoms with van der Waals surface area (Å²) in [6.07, 6.45) is 3.50. The minimum atomic E-state index is 0.645. The van der Waals surface area contributed by atoms with Crippen molar-refractivity contribution in [2.45, 2.75) is 6.54 Å². The van der Waals surface area contributed by atoms with Crippen LogP contribution in [0.15, 0.2) is 22.9 Å². The number of hydrazine groups is 1. The standard InChI is InChI=1S/C6H8BrN3/c7-6-1-5(3-10-8)2-9-4-6/h1-2,4,10H,3,8H2. The van der Waals surface area contributed by atoms with Gasteiger partial charge in [-0.05, 0) is 27.6 Å². The van der Waals surface area contributed by atoms with Gasteiger partial charge in [0, 0.05) is 23.4 Å². The third kappa shape index (κ3) is 2.06. The maximum absolute atomic E-state index is 5.12. The van der Waals surface area contributed by atoms with E-state index in [0.29, 0.717) is 6.54 Å². The molecule has 54 valence electrons. The van der Waals surface area contributed by atoms with Crippen molar-refractivity contribution in [1.29, 1.82) is 0 Å². The van der Waals surface area contributed by atoms with E-state index in [9.17, 15) is 0 Å². The van der Waals surface area contributed by atoms with Gasteiger partial charge in [0.1, 0.15) is 0 Å². The van der Waals surface area contributed by atoms with Crippen molar-refractivity contribution in [1.82, 2.24) is 10.4 Å². The van der Waals surface area contributed by atoms with E-state index in [1.54, 1.807) is 12.4 Å². The number of nitrogens with zero attached hydrogens (tertiary/aromatic N) is 1. The maximum atomic E-state index is 5.12. The molecule has 3 N–H and O–H groups in total. The van der Waals surface area contributed by atoms with Crippen LogP contribution < -0.4 is 11.3 Å². The summed E-state index contributed by atoms with van der Waals surface area (Å²) in [7, 11) is 0. The summed E-state index contributed by atoms with van der Waals surface area (Å²) in [4.78, 5) is 3.96. The van der Waals surface area contributed by atoms with Crippen LogP contribution in [0.3, 0.4) is 0 Å². The Kier molecular flexibility index (Phi) is 2.80. The van der Waals surface area contributed by atoms with Gasteiger partial charge in [-0.1, -0.05) is 0 Å². The zero-order chi connectivity index (χ0) is 7.40. The highest BCUT2D eigenvalue weighted by atomic mass is 79.9. The van der Waals surface area contributed by atoms with E-state index in [1.165, 1.54) is 0 Å². The van der Waals surface area contributed by atoms with E-state index in [2.05, 4.69) is 26.3 Å². The second kappa shape index (κ2) is 3.65. The lowest BCUT2D eigenvalue weighted by Crippen LogP contribution is -2.20. The van der Waals surface area contributed by atoms with Crippen molar-refractivity contribution in [3.05, 3.63) is 28.5 Å². The molecule has 10 heavy (non-hydrogen) atoms. The molecular weight excluding hydrogens is 194 g/mol. The Morgan fingerprint density at radius 2 is 2.40 bits per heavy atom. The zero-order valence-electron chi connectivity index (χ0n) is 5.34. The van der Waals surface area contributed by atoms with Crippen LogP contribution >= 0.6 is 15.9 Å². The van der Waals surface area contributed by atoms with Gasteiger partial charge in [0.25, 0.3) is 0 Å². The fraction of sp³-hybridized carbons (Fsp3) is 0.167. The van der Waals surface area contributed by atoms with Crippen molar-refractivity contribution in [2.75, 3.05) is 0 Å². The van der Waals surface area contributed by atoms with Crippen LogP contribution in [-0.4, -0.2) is 4.98 Å². The van der Waals surface area contributed by atoms with Crippen molar-refractivity contribution in [2.24, 2.45) is 5.84 Å². The van der Waals surface area contributed by atoms with Gasteiger partial charge in [-0.3, -0.25) is 16.3 Å². The molecule has 1 heterocycles. The van der Waals surface area contributed by atoms with Crippen molar-refractivity contribution in [3.8, 4) is 0 Å². The summed E-state index contributed by atoms with van der Waals surface area (Å²) in [5, 5.41) is 0. The molecule has 0 aliphatic heterocycles. The highest BCUT2D eigenvalue weighted by molar-refractivity contribution is 9.10. The molecule has 0 atom stereocenters.